The van der Waals surface area contributed by atoms with Crippen LogP contribution in [-0.4, -0.2) is 54.0 Å². The van der Waals surface area contributed by atoms with Crippen molar-refractivity contribution in [1.82, 2.24) is 15.2 Å². The van der Waals surface area contributed by atoms with E-state index in [1.54, 1.807) is 12.1 Å². The van der Waals surface area contributed by atoms with Crippen LogP contribution in [0.15, 0.2) is 35.0 Å². The Bertz CT molecular complexity index is 610. The van der Waals surface area contributed by atoms with Crippen LogP contribution >= 0.6 is 0 Å². The highest BCUT2D eigenvalue weighted by Gasteiger charge is 2.18. The Balaban J connectivity index is 1.58. The molecular weight excluding hydrogens is 288 g/mol. The van der Waals surface area contributed by atoms with Crippen LogP contribution in [0.2, 0.25) is 0 Å². The van der Waals surface area contributed by atoms with E-state index >= 15 is 0 Å². The predicted octanol–water partition coefficient (Wildman–Crippen LogP) is 1.13. The zero-order valence-electron chi connectivity index (χ0n) is 11.9. The van der Waals surface area contributed by atoms with Crippen LogP contribution in [0.1, 0.15) is 0 Å². The molecule has 1 saturated heterocycles. The van der Waals surface area contributed by atoms with E-state index < -0.39 is 0 Å². The van der Waals surface area contributed by atoms with E-state index in [2.05, 4.69) is 20.3 Å². The Morgan fingerprint density at radius 3 is 2.77 bits per heavy atom. The van der Waals surface area contributed by atoms with Crippen molar-refractivity contribution < 1.29 is 18.9 Å². The van der Waals surface area contributed by atoms with Gasteiger partial charge in [-0.25, -0.2) is 4.63 Å². The second kappa shape index (κ2) is 7.01. The molecule has 116 valence electrons. The highest BCUT2D eigenvalue weighted by molar-refractivity contribution is 5.92. The monoisotopic (exact) mass is 304 g/mol. The van der Waals surface area contributed by atoms with E-state index in [9.17, 15) is 4.79 Å². The number of hydrogen-bond donors (Lipinski definition) is 1. The summed E-state index contributed by atoms with van der Waals surface area (Å²) in [5, 5.41) is 9.96. The molecule has 1 aromatic carbocycles. The largest absolute Gasteiger partial charge is 0.434 e. The average Bonchev–Trinajstić information content (AvgIpc) is 2.96. The smallest absolute Gasteiger partial charge is 0.306 e. The molecule has 0 aliphatic carbocycles. The number of benzene rings is 1. The number of nitrogens with zero attached hydrogens (tertiary/aromatic N) is 3. The first-order valence-corrected chi connectivity index (χ1v) is 6.97. The molecule has 1 N–H and O–H groups in total. The first kappa shape index (κ1) is 14.5. The number of morpholine rings is 1. The summed E-state index contributed by atoms with van der Waals surface area (Å²) < 4.78 is 15.4. The van der Waals surface area contributed by atoms with Crippen LogP contribution in [0.4, 0.5) is 5.82 Å². The summed E-state index contributed by atoms with van der Waals surface area (Å²) in [7, 11) is 0. The molecule has 2 heterocycles. The molecule has 0 bridgehead atoms. The fourth-order valence-corrected chi connectivity index (χ4v) is 2.06. The minimum Gasteiger partial charge on any atom is -0.434 e. The number of aromatic nitrogens is 2. The van der Waals surface area contributed by atoms with Crippen molar-refractivity contribution >= 4 is 11.7 Å². The fraction of sp³-hybridized carbons (Fsp3) is 0.357. The van der Waals surface area contributed by atoms with Gasteiger partial charge in [0.05, 0.1) is 19.8 Å². The van der Waals surface area contributed by atoms with Crippen LogP contribution in [-0.2, 0) is 9.53 Å². The first-order chi connectivity index (χ1) is 10.8. The molecule has 0 spiro atoms. The van der Waals surface area contributed by atoms with Gasteiger partial charge in [0.1, 0.15) is 5.75 Å². The molecule has 22 heavy (non-hydrogen) atoms. The van der Waals surface area contributed by atoms with Gasteiger partial charge >= 0.3 is 5.88 Å². The normalized spacial score (nSPS) is 15.5. The van der Waals surface area contributed by atoms with Crippen molar-refractivity contribution in [3.63, 3.8) is 0 Å². The molecule has 8 heteroatoms. The van der Waals surface area contributed by atoms with Crippen LogP contribution in [0.25, 0.3) is 0 Å². The highest BCUT2D eigenvalue weighted by Crippen LogP contribution is 2.25. The van der Waals surface area contributed by atoms with Crippen LogP contribution in [0.3, 0.4) is 0 Å². The van der Waals surface area contributed by atoms with E-state index in [0.29, 0.717) is 19.0 Å². The van der Waals surface area contributed by atoms with E-state index in [4.69, 9.17) is 9.47 Å². The molecule has 1 aliphatic heterocycles. The summed E-state index contributed by atoms with van der Waals surface area (Å²) in [6.07, 6.45) is 0. The first-order valence-electron chi connectivity index (χ1n) is 6.97. The Morgan fingerprint density at radius 2 is 2.00 bits per heavy atom. The molecule has 1 aliphatic rings. The molecule has 2 aromatic rings. The van der Waals surface area contributed by atoms with Crippen molar-refractivity contribution in [2.45, 2.75) is 0 Å². The topological polar surface area (TPSA) is 89.7 Å². The summed E-state index contributed by atoms with van der Waals surface area (Å²) in [5.74, 6) is 0.682. The number of carbonyl (C=O) groups excluding carboxylic acids is 1. The van der Waals surface area contributed by atoms with Crippen molar-refractivity contribution in [2.24, 2.45) is 0 Å². The lowest BCUT2D eigenvalue weighted by molar-refractivity contribution is -0.118. The van der Waals surface area contributed by atoms with Crippen molar-refractivity contribution in [2.75, 3.05) is 38.2 Å². The Labute approximate surface area is 127 Å². The maximum Gasteiger partial charge on any atom is 0.306 e. The molecule has 3 rings (SSSR count). The molecular formula is C14H16N4O4. The average molecular weight is 304 g/mol. The van der Waals surface area contributed by atoms with Gasteiger partial charge in [-0.1, -0.05) is 18.2 Å². The van der Waals surface area contributed by atoms with Crippen molar-refractivity contribution in [3.05, 3.63) is 30.3 Å². The van der Waals surface area contributed by atoms with Gasteiger partial charge in [-0.3, -0.25) is 9.69 Å². The SMILES string of the molecule is O=C(CN1CCOCC1)Nc1nonc1Oc1ccccc1. The van der Waals surface area contributed by atoms with E-state index in [1.807, 2.05) is 23.1 Å². The van der Waals surface area contributed by atoms with Gasteiger partial charge < -0.3 is 14.8 Å². The number of para-hydroxylation sites is 1. The zero-order chi connectivity index (χ0) is 15.2. The Morgan fingerprint density at radius 1 is 1.23 bits per heavy atom. The van der Waals surface area contributed by atoms with Crippen molar-refractivity contribution in [1.29, 1.82) is 0 Å². The van der Waals surface area contributed by atoms with Gasteiger partial charge in [0.2, 0.25) is 11.7 Å². The minimum absolute atomic E-state index is 0.126. The van der Waals surface area contributed by atoms with Gasteiger partial charge in [-0.15, -0.1) is 0 Å². The number of amides is 1. The molecule has 0 unspecified atom stereocenters. The fourth-order valence-electron chi connectivity index (χ4n) is 2.06. The molecule has 8 nitrogen and oxygen atoms in total. The third-order valence-corrected chi connectivity index (χ3v) is 3.14. The predicted molar refractivity (Wildman–Crippen MR) is 76.7 cm³/mol. The maximum absolute atomic E-state index is 12.0. The lowest BCUT2D eigenvalue weighted by atomic mass is 10.3. The standard InChI is InChI=1S/C14H16N4O4/c19-12(10-18-6-8-20-9-7-18)15-13-14(17-22-16-13)21-11-4-2-1-3-5-11/h1-5H,6-10H2,(H,15,16,19). The number of rotatable bonds is 5. The molecule has 1 aromatic heterocycles. The number of anilines is 1. The lowest BCUT2D eigenvalue weighted by Crippen LogP contribution is -2.41. The molecule has 0 saturated carbocycles. The van der Waals surface area contributed by atoms with Gasteiger partial charge in [0.15, 0.2) is 0 Å². The van der Waals surface area contributed by atoms with Crippen molar-refractivity contribution in [3.8, 4) is 11.6 Å². The third-order valence-electron chi connectivity index (χ3n) is 3.14. The summed E-state index contributed by atoms with van der Waals surface area (Å²) in [6, 6.07) is 9.08. The summed E-state index contributed by atoms with van der Waals surface area (Å²) >= 11 is 0. The number of ether oxygens (including phenoxy) is 2. The number of nitrogens with one attached hydrogen (secondary N) is 1. The van der Waals surface area contributed by atoms with Gasteiger partial charge in [0, 0.05) is 13.1 Å². The summed E-state index contributed by atoms with van der Waals surface area (Å²) in [5.41, 5.74) is 0. The summed E-state index contributed by atoms with van der Waals surface area (Å²) in [4.78, 5) is 14.0. The lowest BCUT2D eigenvalue weighted by Gasteiger charge is -2.25. The van der Waals surface area contributed by atoms with E-state index in [0.717, 1.165) is 13.1 Å². The Kier molecular flexibility index (Phi) is 4.62. The van der Waals surface area contributed by atoms with Crippen LogP contribution < -0.4 is 10.1 Å². The zero-order valence-corrected chi connectivity index (χ0v) is 11.9. The molecule has 0 atom stereocenters. The second-order valence-corrected chi connectivity index (χ2v) is 4.77. The number of carbonyl (C=O) groups is 1. The van der Waals surface area contributed by atoms with Gasteiger partial charge in [-0.05, 0) is 22.4 Å². The summed E-state index contributed by atoms with van der Waals surface area (Å²) in [6.45, 7) is 3.01. The van der Waals surface area contributed by atoms with Gasteiger partial charge in [-0.2, -0.15) is 0 Å². The van der Waals surface area contributed by atoms with E-state index in [-0.39, 0.29) is 24.1 Å². The molecule has 1 fully saturated rings. The van der Waals surface area contributed by atoms with Crippen LogP contribution in [0, 0.1) is 0 Å². The van der Waals surface area contributed by atoms with Crippen LogP contribution in [0.5, 0.6) is 11.6 Å². The quantitative estimate of drug-likeness (QED) is 0.885. The second-order valence-electron chi connectivity index (χ2n) is 4.77. The maximum atomic E-state index is 12.0. The third kappa shape index (κ3) is 3.80. The minimum atomic E-state index is -0.199. The number of hydrogen-bond acceptors (Lipinski definition) is 7. The highest BCUT2D eigenvalue weighted by atomic mass is 16.6. The van der Waals surface area contributed by atoms with E-state index in [1.165, 1.54) is 0 Å². The molecule has 1 amide bonds. The Hall–Kier alpha value is -2.45. The van der Waals surface area contributed by atoms with Gasteiger partial charge in [0.25, 0.3) is 0 Å². The molecule has 0 radical (unpaired) electrons.